The Balaban J connectivity index is 1.10. The summed E-state index contributed by atoms with van der Waals surface area (Å²) < 4.78 is 40.8. The smallest absolute Gasteiger partial charge is 0.253 e. The van der Waals surface area contributed by atoms with Crippen LogP contribution in [-0.4, -0.2) is 11.3 Å². The molecule has 0 N–H and O–H groups in total. The Kier molecular flexibility index (Phi) is 12.0. The van der Waals surface area contributed by atoms with Gasteiger partial charge in [-0.05, 0) is 143 Å². The number of hydrogen-bond donors (Lipinski definition) is 0. The maximum atomic E-state index is 10.1. The fraction of sp³-hybridized carbons (Fsp3) is 0.0109. The van der Waals surface area contributed by atoms with E-state index < -0.39 is 12.1 Å². The van der Waals surface area contributed by atoms with Gasteiger partial charge in [-0.2, -0.15) is 0 Å². The third-order valence-electron chi connectivity index (χ3n) is 20.3. The zero-order valence-electron chi connectivity index (χ0n) is 56.6. The van der Waals surface area contributed by atoms with E-state index in [2.05, 4.69) is 330 Å². The van der Waals surface area contributed by atoms with Gasteiger partial charge in [0.15, 0.2) is 5.69 Å². The van der Waals surface area contributed by atoms with Gasteiger partial charge in [-0.25, -0.2) is 4.85 Å². The molecular formula is C92H59BN4. The number of rotatable bonds is 11. The van der Waals surface area contributed by atoms with Crippen LogP contribution in [0.15, 0.2) is 358 Å². The molecule has 97 heavy (non-hydrogen) atoms. The molecule has 4 heterocycles. The summed E-state index contributed by atoms with van der Waals surface area (Å²) in [5.74, 6) is 0. The summed E-state index contributed by atoms with van der Waals surface area (Å²) >= 11 is 0. The molecule has 0 amide bonds. The normalized spacial score (nSPS) is 13.5. The molecule has 4 nitrogen and oxygen atoms in total. The standard InChI is InChI=1S/C92H59BN4/c1-94-71-52-53-82-78(58-71)77-46-26-27-51-81(77)95(82)72-59-85-89-86(60-72)97(91-75(65-38-18-6-19-39-65)49-29-50-76(91)66-40-20-7-21-41-66)84-57-68(62-32-12-3-13-33-62)55-80-88(84)93(89)87-79(92(80,69-42-22-8-23-43-69)70-44-24-9-25-45-70)54-67(61-30-10-2-11-31-61)56-83(87)96(85)90-73(63-34-14-4-15-35-63)47-28-48-74(90)64-36-16-5-17-37-64/h2-60H/i26D,27D,46D,51D. The van der Waals surface area contributed by atoms with E-state index in [9.17, 15) is 5.48 Å². The lowest BCUT2D eigenvalue weighted by Gasteiger charge is -2.53. The van der Waals surface area contributed by atoms with Crippen LogP contribution < -0.4 is 26.2 Å². The van der Waals surface area contributed by atoms with Gasteiger partial charge in [0, 0.05) is 50.4 Å². The lowest BCUT2D eigenvalue weighted by atomic mass is 9.27. The van der Waals surface area contributed by atoms with Crippen LogP contribution >= 0.6 is 0 Å². The van der Waals surface area contributed by atoms with Gasteiger partial charge in [0.1, 0.15) is 0 Å². The summed E-state index contributed by atoms with van der Waals surface area (Å²) in [5.41, 5.74) is 27.0. The molecule has 0 aliphatic carbocycles. The minimum atomic E-state index is -0.992. The molecule has 0 bridgehead atoms. The highest BCUT2D eigenvalue weighted by atomic mass is 15.2. The highest BCUT2D eigenvalue weighted by molar-refractivity contribution is 7.01. The van der Waals surface area contributed by atoms with Crippen LogP contribution in [0.25, 0.3) is 99.1 Å². The van der Waals surface area contributed by atoms with Crippen LogP contribution in [0.3, 0.4) is 0 Å². The van der Waals surface area contributed by atoms with E-state index in [0.717, 1.165) is 129 Å². The number of hydrogen-bond acceptors (Lipinski definition) is 2. The molecule has 16 aromatic rings. The fourth-order valence-electron chi connectivity index (χ4n) is 16.4. The number of nitrogens with zero attached hydrogens (tertiary/aromatic N) is 4. The van der Waals surface area contributed by atoms with E-state index in [1.165, 1.54) is 10.9 Å². The van der Waals surface area contributed by atoms with Crippen molar-refractivity contribution in [3.63, 3.8) is 0 Å². The maximum Gasteiger partial charge on any atom is 0.253 e. The summed E-state index contributed by atoms with van der Waals surface area (Å²) in [6.45, 7) is 7.90. The second-order valence-corrected chi connectivity index (χ2v) is 25.4. The number of anilines is 6. The minimum Gasteiger partial charge on any atom is -0.310 e. The van der Waals surface area contributed by atoms with Crippen LogP contribution in [0.1, 0.15) is 27.7 Å². The average Bonchev–Trinajstić information content (AvgIpc) is 0.993. The van der Waals surface area contributed by atoms with E-state index >= 15 is 0 Å². The lowest BCUT2D eigenvalue weighted by Crippen LogP contribution is -2.68. The fourth-order valence-corrected chi connectivity index (χ4v) is 16.4. The van der Waals surface area contributed by atoms with Crippen molar-refractivity contribution in [1.29, 1.82) is 0 Å². The summed E-state index contributed by atoms with van der Waals surface area (Å²) in [6, 6.07) is 119. The minimum absolute atomic E-state index is 0.171. The zero-order chi connectivity index (χ0) is 67.6. The van der Waals surface area contributed by atoms with Crippen LogP contribution in [0.4, 0.5) is 39.8 Å². The molecule has 3 aliphatic heterocycles. The van der Waals surface area contributed by atoms with Crippen LogP contribution in [0.5, 0.6) is 0 Å². The van der Waals surface area contributed by atoms with Gasteiger partial charge in [-0.15, -0.1) is 0 Å². The topological polar surface area (TPSA) is 15.8 Å². The largest absolute Gasteiger partial charge is 0.310 e. The molecule has 0 atom stereocenters. The monoisotopic (exact) mass is 1230 g/mol. The number of aromatic nitrogens is 1. The Bertz CT molecular complexity index is 5660. The molecule has 0 saturated carbocycles. The van der Waals surface area contributed by atoms with E-state index in [0.29, 0.717) is 33.2 Å². The first-order valence-corrected chi connectivity index (χ1v) is 33.1. The number of benzene rings is 15. The number of para-hydroxylation sites is 3. The summed E-state index contributed by atoms with van der Waals surface area (Å²) in [5, 5.41) is 0.895. The average molecular weight is 1240 g/mol. The predicted molar refractivity (Wildman–Crippen MR) is 406 cm³/mol. The van der Waals surface area contributed by atoms with E-state index in [1.54, 1.807) is 12.1 Å². The Hall–Kier alpha value is -12.7. The Morgan fingerprint density at radius 3 is 1.09 bits per heavy atom. The van der Waals surface area contributed by atoms with Crippen molar-refractivity contribution in [2.24, 2.45) is 0 Å². The predicted octanol–water partition coefficient (Wildman–Crippen LogP) is 22.1. The van der Waals surface area contributed by atoms with Crippen molar-refractivity contribution in [3.8, 4) is 72.4 Å². The second-order valence-electron chi connectivity index (χ2n) is 25.4. The molecule has 0 spiro atoms. The molecule has 5 heteroatoms. The third kappa shape index (κ3) is 8.57. The third-order valence-corrected chi connectivity index (χ3v) is 20.3. The summed E-state index contributed by atoms with van der Waals surface area (Å²) in [4.78, 5) is 9.06. The molecule has 15 aromatic carbocycles. The van der Waals surface area contributed by atoms with Crippen molar-refractivity contribution >= 4 is 84.7 Å². The van der Waals surface area contributed by atoms with Gasteiger partial charge < -0.3 is 14.4 Å². The first-order valence-electron chi connectivity index (χ1n) is 35.1. The van der Waals surface area contributed by atoms with Crippen molar-refractivity contribution in [3.05, 3.63) is 391 Å². The van der Waals surface area contributed by atoms with Crippen molar-refractivity contribution < 1.29 is 5.48 Å². The van der Waals surface area contributed by atoms with Crippen molar-refractivity contribution in [2.45, 2.75) is 5.41 Å². The quantitative estimate of drug-likeness (QED) is 0.0948. The van der Waals surface area contributed by atoms with Gasteiger partial charge in [0.05, 0.1) is 45.6 Å². The second kappa shape index (κ2) is 22.5. The zero-order valence-corrected chi connectivity index (χ0v) is 52.6. The van der Waals surface area contributed by atoms with Gasteiger partial charge in [-0.3, -0.25) is 0 Å². The molecule has 19 rings (SSSR count). The Morgan fingerprint density at radius 2 is 0.691 bits per heavy atom. The van der Waals surface area contributed by atoms with E-state index in [-0.39, 0.29) is 24.2 Å². The lowest BCUT2D eigenvalue weighted by molar-refractivity contribution is 0.751. The van der Waals surface area contributed by atoms with Crippen molar-refractivity contribution in [1.82, 2.24) is 4.57 Å². The molecule has 3 aliphatic rings. The van der Waals surface area contributed by atoms with Crippen LogP contribution in [0.2, 0.25) is 0 Å². The highest BCUT2D eigenvalue weighted by Gasteiger charge is 2.56. The SMILES string of the molecule is [2H]c1c([2H])c([2H])c2c(c1[2H])c1cc([N+]#[C-])ccc1n2-c1cc2c3c(c1)N(c1c(-c4ccccc4)cccc1-c1ccccc1)c1cc(-c4ccccc4)cc4c1B3c1c(cc(-c3ccccc3)cc1C4(c1ccccc1)c1ccccc1)N2c1c(-c2ccccc2)cccc1-c1ccccc1. The molecular weight excluding hydrogens is 1170 g/mol. The molecule has 0 fully saturated rings. The van der Waals surface area contributed by atoms with E-state index in [4.69, 9.17) is 6.57 Å². The molecule has 0 saturated heterocycles. The van der Waals surface area contributed by atoms with Crippen molar-refractivity contribution in [2.75, 3.05) is 9.80 Å². The molecule has 0 radical (unpaired) electrons. The molecule has 450 valence electrons. The summed E-state index contributed by atoms with van der Waals surface area (Å²) in [7, 11) is 0. The summed E-state index contributed by atoms with van der Waals surface area (Å²) in [6.07, 6.45) is 0. The van der Waals surface area contributed by atoms with Gasteiger partial charge in [0.25, 0.3) is 6.71 Å². The first-order chi connectivity index (χ1) is 49.8. The molecule has 0 unspecified atom stereocenters. The van der Waals surface area contributed by atoms with Crippen LogP contribution in [-0.2, 0) is 5.41 Å². The molecule has 1 aromatic heterocycles. The van der Waals surface area contributed by atoms with Gasteiger partial charge in [0.2, 0.25) is 0 Å². The first kappa shape index (κ1) is 51.7. The Morgan fingerprint density at radius 1 is 0.320 bits per heavy atom. The highest BCUT2D eigenvalue weighted by Crippen LogP contribution is 2.59. The van der Waals surface area contributed by atoms with Gasteiger partial charge in [-0.1, -0.05) is 303 Å². The van der Waals surface area contributed by atoms with Crippen LogP contribution in [0, 0.1) is 6.57 Å². The van der Waals surface area contributed by atoms with E-state index in [1.807, 2.05) is 10.6 Å². The number of fused-ring (bicyclic) bond motifs is 3. The Labute approximate surface area is 570 Å². The maximum absolute atomic E-state index is 10.1. The van der Waals surface area contributed by atoms with Gasteiger partial charge >= 0.3 is 0 Å².